The highest BCUT2D eigenvalue weighted by Gasteiger charge is 2.41. The minimum Gasteiger partial charge on any atom is -0.408 e. The van der Waals surface area contributed by atoms with E-state index in [9.17, 15) is 5.11 Å². The Hall–Kier alpha value is -0.813. The number of azide groups is 1. The maximum atomic E-state index is 10.2. The lowest BCUT2D eigenvalue weighted by Gasteiger charge is -2.41. The van der Waals surface area contributed by atoms with Crippen molar-refractivity contribution >= 4 is 8.32 Å². The molecule has 1 aliphatic rings. The van der Waals surface area contributed by atoms with Gasteiger partial charge in [0.2, 0.25) is 0 Å². The molecule has 0 spiro atoms. The van der Waals surface area contributed by atoms with Crippen molar-refractivity contribution in [1.82, 2.24) is 0 Å². The monoisotopic (exact) mass is 269 g/mol. The van der Waals surface area contributed by atoms with Crippen molar-refractivity contribution in [3.05, 3.63) is 22.6 Å². The molecule has 0 saturated carbocycles. The molecule has 1 N–H and O–H groups in total. The average Bonchev–Trinajstić information content (AvgIpc) is 2.22. The molecular formula is C12H23N3O2Si. The molecule has 1 rings (SSSR count). The van der Waals surface area contributed by atoms with E-state index in [1.165, 1.54) is 0 Å². The maximum absolute atomic E-state index is 10.2. The predicted molar refractivity (Wildman–Crippen MR) is 74.8 cm³/mol. The van der Waals surface area contributed by atoms with E-state index in [2.05, 4.69) is 43.9 Å². The van der Waals surface area contributed by atoms with Gasteiger partial charge in [0, 0.05) is 4.91 Å². The highest BCUT2D eigenvalue weighted by atomic mass is 28.4. The van der Waals surface area contributed by atoms with Crippen LogP contribution in [0.4, 0.5) is 0 Å². The summed E-state index contributed by atoms with van der Waals surface area (Å²) in [6.07, 6.45) is 3.26. The highest BCUT2D eigenvalue weighted by molar-refractivity contribution is 6.74. The molecule has 6 heteroatoms. The lowest BCUT2D eigenvalue weighted by atomic mass is 9.97. The fourth-order valence-corrected chi connectivity index (χ4v) is 2.88. The summed E-state index contributed by atoms with van der Waals surface area (Å²) in [4.78, 5) is 2.78. The SMILES string of the molecule is CC(C)(C)[Si](C)(C)O[C@H]1C=CC[C@@H](N=[N+]=[N-])[C@@H]1O. The third kappa shape index (κ3) is 3.35. The Balaban J connectivity index is 2.82. The number of hydrogen-bond donors (Lipinski definition) is 1. The molecular weight excluding hydrogens is 246 g/mol. The molecule has 3 atom stereocenters. The molecule has 0 unspecified atom stereocenters. The summed E-state index contributed by atoms with van der Waals surface area (Å²) in [7, 11) is -1.93. The van der Waals surface area contributed by atoms with Gasteiger partial charge >= 0.3 is 0 Å². The smallest absolute Gasteiger partial charge is 0.193 e. The molecule has 1 aliphatic carbocycles. The summed E-state index contributed by atoms with van der Waals surface area (Å²) in [5.41, 5.74) is 8.48. The minimum atomic E-state index is -1.93. The number of rotatable bonds is 3. The summed E-state index contributed by atoms with van der Waals surface area (Å²) in [6, 6.07) is -0.422. The van der Waals surface area contributed by atoms with E-state index in [4.69, 9.17) is 9.96 Å². The van der Waals surface area contributed by atoms with E-state index >= 15 is 0 Å². The zero-order chi connectivity index (χ0) is 14.0. The Morgan fingerprint density at radius 1 is 1.44 bits per heavy atom. The number of hydrogen-bond acceptors (Lipinski definition) is 3. The quantitative estimate of drug-likeness (QED) is 0.280. The lowest BCUT2D eigenvalue weighted by molar-refractivity contribution is 0.0331. The van der Waals surface area contributed by atoms with Crippen molar-refractivity contribution in [2.45, 2.75) is 63.6 Å². The van der Waals surface area contributed by atoms with Gasteiger partial charge in [-0.1, -0.05) is 38.0 Å². The Kier molecular flexibility index (Phi) is 4.61. The summed E-state index contributed by atoms with van der Waals surface area (Å²) in [6.45, 7) is 10.8. The van der Waals surface area contributed by atoms with Crippen molar-refractivity contribution < 1.29 is 9.53 Å². The van der Waals surface area contributed by atoms with Gasteiger partial charge in [-0.25, -0.2) is 0 Å². The average molecular weight is 269 g/mol. The normalized spacial score (nSPS) is 28.9. The molecule has 102 valence electrons. The van der Waals surface area contributed by atoms with Crippen molar-refractivity contribution in [3.8, 4) is 0 Å². The second kappa shape index (κ2) is 5.44. The fraction of sp³-hybridized carbons (Fsp3) is 0.833. The van der Waals surface area contributed by atoms with Crippen LogP contribution < -0.4 is 0 Å². The molecule has 0 aromatic heterocycles. The molecule has 0 aromatic carbocycles. The van der Waals surface area contributed by atoms with Gasteiger partial charge in [0.15, 0.2) is 8.32 Å². The molecule has 0 heterocycles. The minimum absolute atomic E-state index is 0.0893. The molecule has 0 aromatic rings. The molecule has 0 saturated heterocycles. The van der Waals surface area contributed by atoms with Crippen LogP contribution in [0.2, 0.25) is 18.1 Å². The third-order valence-corrected chi connectivity index (χ3v) is 8.34. The summed E-state index contributed by atoms with van der Waals surface area (Å²) in [5.74, 6) is 0. The van der Waals surface area contributed by atoms with Crippen LogP contribution in [0.3, 0.4) is 0 Å². The van der Waals surface area contributed by atoms with E-state index in [-0.39, 0.29) is 11.1 Å². The number of nitrogens with zero attached hydrogens (tertiary/aromatic N) is 3. The van der Waals surface area contributed by atoms with Crippen molar-refractivity contribution in [1.29, 1.82) is 0 Å². The predicted octanol–water partition coefficient (Wildman–Crippen LogP) is 3.38. The topological polar surface area (TPSA) is 78.2 Å². The second-order valence-electron chi connectivity index (χ2n) is 6.27. The van der Waals surface area contributed by atoms with Crippen LogP contribution in [0.15, 0.2) is 17.3 Å². The van der Waals surface area contributed by atoms with Crippen LogP contribution in [0.25, 0.3) is 10.4 Å². The Morgan fingerprint density at radius 2 is 2.06 bits per heavy atom. The van der Waals surface area contributed by atoms with E-state index < -0.39 is 20.5 Å². The van der Waals surface area contributed by atoms with Gasteiger partial charge < -0.3 is 9.53 Å². The zero-order valence-corrected chi connectivity index (χ0v) is 12.8. The number of aliphatic hydroxyl groups excluding tert-OH is 1. The molecule has 0 bridgehead atoms. The first-order valence-electron chi connectivity index (χ1n) is 6.26. The summed E-state index contributed by atoms with van der Waals surface area (Å²) < 4.78 is 6.15. The molecule has 0 amide bonds. The highest BCUT2D eigenvalue weighted by Crippen LogP contribution is 2.38. The standard InChI is InChI=1S/C12H23N3O2Si/c1-12(2,3)18(4,5)17-10-8-6-7-9(11(10)16)14-15-13/h6,8-11,16H,7H2,1-5H3/t9-,10+,11+/m1/s1. The zero-order valence-electron chi connectivity index (χ0n) is 11.8. The van der Waals surface area contributed by atoms with E-state index in [1.807, 2.05) is 12.2 Å². The second-order valence-corrected chi connectivity index (χ2v) is 11.0. The van der Waals surface area contributed by atoms with Crippen LogP contribution in [-0.2, 0) is 4.43 Å². The summed E-state index contributed by atoms with van der Waals surface area (Å²) >= 11 is 0. The van der Waals surface area contributed by atoms with E-state index in [0.29, 0.717) is 6.42 Å². The van der Waals surface area contributed by atoms with Gasteiger partial charge in [-0.3, -0.25) is 0 Å². The Morgan fingerprint density at radius 3 is 2.56 bits per heavy atom. The third-order valence-electron chi connectivity index (χ3n) is 3.87. The first-order chi connectivity index (χ1) is 8.19. The Bertz CT molecular complexity index is 370. The van der Waals surface area contributed by atoms with Gasteiger partial charge in [0.05, 0.1) is 18.2 Å². The molecule has 0 fully saturated rings. The Labute approximate surface area is 110 Å². The van der Waals surface area contributed by atoms with Gasteiger partial charge in [-0.2, -0.15) is 0 Å². The van der Waals surface area contributed by atoms with E-state index in [1.54, 1.807) is 0 Å². The van der Waals surface area contributed by atoms with Gasteiger partial charge in [0.25, 0.3) is 0 Å². The lowest BCUT2D eigenvalue weighted by Crippen LogP contribution is -2.49. The first-order valence-corrected chi connectivity index (χ1v) is 9.16. The molecule has 18 heavy (non-hydrogen) atoms. The maximum Gasteiger partial charge on any atom is 0.193 e. The van der Waals surface area contributed by atoms with Crippen LogP contribution >= 0.6 is 0 Å². The van der Waals surface area contributed by atoms with Crippen molar-refractivity contribution in [2.75, 3.05) is 0 Å². The molecule has 0 aliphatic heterocycles. The molecule has 5 nitrogen and oxygen atoms in total. The van der Waals surface area contributed by atoms with E-state index in [0.717, 1.165) is 0 Å². The molecule has 0 radical (unpaired) electrons. The van der Waals surface area contributed by atoms with Crippen molar-refractivity contribution in [3.63, 3.8) is 0 Å². The first kappa shape index (κ1) is 15.2. The summed E-state index contributed by atoms with van der Waals surface area (Å²) in [5, 5.41) is 13.9. The van der Waals surface area contributed by atoms with Gasteiger partial charge in [-0.15, -0.1) is 0 Å². The van der Waals surface area contributed by atoms with Crippen LogP contribution in [-0.4, -0.2) is 31.7 Å². The number of aliphatic hydroxyl groups is 1. The van der Waals surface area contributed by atoms with Crippen LogP contribution in [0.5, 0.6) is 0 Å². The fourth-order valence-electron chi connectivity index (χ4n) is 1.63. The van der Waals surface area contributed by atoms with Gasteiger partial charge in [0.1, 0.15) is 0 Å². The van der Waals surface area contributed by atoms with Crippen LogP contribution in [0.1, 0.15) is 27.2 Å². The van der Waals surface area contributed by atoms with Crippen LogP contribution in [0, 0.1) is 0 Å². The van der Waals surface area contributed by atoms with Gasteiger partial charge in [-0.05, 0) is 30.1 Å². The largest absolute Gasteiger partial charge is 0.408 e. The van der Waals surface area contributed by atoms with Crippen molar-refractivity contribution in [2.24, 2.45) is 5.11 Å².